The highest BCUT2D eigenvalue weighted by Crippen LogP contribution is 2.12. The molecule has 30 heavy (non-hydrogen) atoms. The van der Waals surface area contributed by atoms with Crippen LogP contribution in [0.15, 0.2) is 47.6 Å². The van der Waals surface area contributed by atoms with E-state index in [9.17, 15) is 14.4 Å². The highest BCUT2D eigenvalue weighted by atomic mass is 19.1. The number of amidine groups is 1. The number of likely N-dealkylation sites (N-methyl/N-ethyl adjacent to an activating group) is 1. The van der Waals surface area contributed by atoms with E-state index in [4.69, 9.17) is 15.0 Å². The zero-order chi connectivity index (χ0) is 22.3. The summed E-state index contributed by atoms with van der Waals surface area (Å²) in [6.07, 6.45) is -0.640. The summed E-state index contributed by atoms with van der Waals surface area (Å²) in [4.78, 5) is 21.4. The number of amides is 1. The second-order valence-electron chi connectivity index (χ2n) is 7.24. The van der Waals surface area contributed by atoms with Crippen molar-refractivity contribution in [1.82, 2.24) is 10.0 Å². The predicted molar refractivity (Wildman–Crippen MR) is 109 cm³/mol. The fourth-order valence-electron chi connectivity index (χ4n) is 2.22. The summed E-state index contributed by atoms with van der Waals surface area (Å²) in [5, 5.41) is 24.4. The first-order valence-electron chi connectivity index (χ1n) is 8.98. The normalized spacial score (nSPS) is 11.6. The lowest BCUT2D eigenvalue weighted by Crippen LogP contribution is -2.30. The lowest BCUT2D eigenvalue weighted by Gasteiger charge is -2.19. The third-order valence-electron chi connectivity index (χ3n) is 3.45. The molecule has 1 aromatic carbocycles. The maximum Gasteiger partial charge on any atom is 0.413 e. The summed E-state index contributed by atoms with van der Waals surface area (Å²) in [5.74, 6) is -0.632. The molecule has 0 saturated heterocycles. The number of ether oxygens (including phenoxy) is 1. The molecule has 1 amide bonds. The molecule has 0 aliphatic rings. The van der Waals surface area contributed by atoms with Crippen molar-refractivity contribution >= 4 is 23.5 Å². The second-order valence-corrected chi connectivity index (χ2v) is 7.24. The number of carbonyl (C=O) groups excluding carboxylic acids is 1. The lowest BCUT2D eigenvalue weighted by molar-refractivity contribution is 0.0148. The highest BCUT2D eigenvalue weighted by molar-refractivity contribution is 6.45. The van der Waals surface area contributed by atoms with Gasteiger partial charge in [0.15, 0.2) is 18.2 Å². The molecule has 1 aromatic heterocycles. The molecule has 0 atom stereocenters. The minimum atomic E-state index is -0.642. The predicted octanol–water partition coefficient (Wildman–Crippen LogP) is 3.79. The standard InChI is InChI=1S/C20H24FN5O4/c1-20(2,3)30-19(27)24-16-10-6-9-15(23-16)12-29-25-17(18(22)26(4)28)13-7-5-8-14(21)11-13/h5-11,22,28H,12H2,1-4H3,(H,23,24,27)/b22-18?,25-17+. The number of nitrogens with zero attached hydrogens (tertiary/aromatic N) is 3. The van der Waals surface area contributed by atoms with Crippen molar-refractivity contribution < 1.29 is 24.0 Å². The van der Waals surface area contributed by atoms with Crippen molar-refractivity contribution in [2.75, 3.05) is 12.4 Å². The van der Waals surface area contributed by atoms with Crippen molar-refractivity contribution in [3.05, 3.63) is 59.5 Å². The number of benzene rings is 1. The lowest BCUT2D eigenvalue weighted by atomic mass is 10.1. The Morgan fingerprint density at radius 2 is 2.00 bits per heavy atom. The Labute approximate surface area is 173 Å². The van der Waals surface area contributed by atoms with Crippen LogP contribution in [-0.2, 0) is 16.2 Å². The van der Waals surface area contributed by atoms with E-state index in [1.165, 1.54) is 31.3 Å². The van der Waals surface area contributed by atoms with Crippen molar-refractivity contribution in [2.45, 2.75) is 33.0 Å². The average molecular weight is 417 g/mol. The summed E-state index contributed by atoms with van der Waals surface area (Å²) in [6, 6.07) is 10.3. The molecule has 9 nitrogen and oxygen atoms in total. The number of aromatic nitrogens is 1. The number of nitrogens with one attached hydrogen (secondary N) is 2. The van der Waals surface area contributed by atoms with Gasteiger partial charge in [-0.05, 0) is 45.0 Å². The Hall–Kier alpha value is -3.53. The van der Waals surface area contributed by atoms with Gasteiger partial charge in [-0.25, -0.2) is 19.2 Å². The van der Waals surface area contributed by atoms with Crippen LogP contribution in [0.3, 0.4) is 0 Å². The zero-order valence-electron chi connectivity index (χ0n) is 17.1. The van der Waals surface area contributed by atoms with Gasteiger partial charge in [-0.15, -0.1) is 0 Å². The molecule has 0 aliphatic heterocycles. The van der Waals surface area contributed by atoms with Gasteiger partial charge in [-0.1, -0.05) is 23.4 Å². The maximum atomic E-state index is 13.5. The molecule has 1 heterocycles. The van der Waals surface area contributed by atoms with Gasteiger partial charge in [0.2, 0.25) is 0 Å². The van der Waals surface area contributed by atoms with Crippen LogP contribution in [0, 0.1) is 11.2 Å². The van der Waals surface area contributed by atoms with E-state index in [2.05, 4.69) is 15.5 Å². The summed E-state index contributed by atoms with van der Waals surface area (Å²) in [5.41, 5.74) is -0.0107. The van der Waals surface area contributed by atoms with Crippen molar-refractivity contribution in [3.8, 4) is 0 Å². The number of anilines is 1. The van der Waals surface area contributed by atoms with E-state index in [0.717, 1.165) is 0 Å². The summed E-state index contributed by atoms with van der Waals surface area (Å²) >= 11 is 0. The van der Waals surface area contributed by atoms with Crippen LogP contribution < -0.4 is 5.32 Å². The minimum absolute atomic E-state index is 0.0671. The molecule has 0 bridgehead atoms. The Balaban J connectivity index is 2.11. The quantitative estimate of drug-likeness (QED) is 0.374. The SMILES string of the molecule is CN(O)C(=N)/C(=N/OCc1cccc(NC(=O)OC(C)(C)C)n1)c1cccc(F)c1. The summed E-state index contributed by atoms with van der Waals surface area (Å²) in [7, 11) is 1.24. The topological polar surface area (TPSA) is 120 Å². The molecule has 0 aliphatic carbocycles. The van der Waals surface area contributed by atoms with Gasteiger partial charge in [0, 0.05) is 12.6 Å². The molecule has 0 spiro atoms. The first-order valence-corrected chi connectivity index (χ1v) is 8.98. The van der Waals surface area contributed by atoms with E-state index in [1.54, 1.807) is 39.0 Å². The van der Waals surface area contributed by atoms with E-state index in [0.29, 0.717) is 10.8 Å². The first-order chi connectivity index (χ1) is 14.0. The number of oxime groups is 1. The maximum absolute atomic E-state index is 13.5. The number of hydrogen-bond donors (Lipinski definition) is 3. The number of rotatable bonds is 6. The monoisotopic (exact) mass is 417 g/mol. The van der Waals surface area contributed by atoms with Gasteiger partial charge in [-0.3, -0.25) is 15.9 Å². The number of hydroxylamine groups is 2. The fraction of sp³-hybridized carbons (Fsp3) is 0.300. The number of carbonyl (C=O) groups is 1. The smallest absolute Gasteiger partial charge is 0.413 e. The molecule has 10 heteroatoms. The van der Waals surface area contributed by atoms with Gasteiger partial charge in [0.1, 0.15) is 17.2 Å². The van der Waals surface area contributed by atoms with Crippen LogP contribution in [0.25, 0.3) is 0 Å². The molecule has 0 saturated carbocycles. The molecular formula is C20H24FN5O4. The average Bonchev–Trinajstić information content (AvgIpc) is 2.63. The van der Waals surface area contributed by atoms with Gasteiger partial charge < -0.3 is 9.57 Å². The van der Waals surface area contributed by atoms with E-state index >= 15 is 0 Å². The number of hydrogen-bond acceptors (Lipinski definition) is 7. The third-order valence-corrected chi connectivity index (χ3v) is 3.45. The molecule has 160 valence electrons. The highest BCUT2D eigenvalue weighted by Gasteiger charge is 2.17. The van der Waals surface area contributed by atoms with E-state index in [1.807, 2.05) is 0 Å². The van der Waals surface area contributed by atoms with E-state index in [-0.39, 0.29) is 29.5 Å². The number of pyridine rings is 1. The van der Waals surface area contributed by atoms with Gasteiger partial charge >= 0.3 is 6.09 Å². The molecule has 0 radical (unpaired) electrons. The van der Waals surface area contributed by atoms with Crippen LogP contribution in [0.2, 0.25) is 0 Å². The largest absolute Gasteiger partial charge is 0.444 e. The van der Waals surface area contributed by atoms with Crippen LogP contribution in [0.4, 0.5) is 15.0 Å². The fourth-order valence-corrected chi connectivity index (χ4v) is 2.22. The third kappa shape index (κ3) is 7.13. The van der Waals surface area contributed by atoms with Gasteiger partial charge in [0.05, 0.1) is 5.69 Å². The second kappa shape index (κ2) is 9.79. The van der Waals surface area contributed by atoms with Crippen LogP contribution in [0.5, 0.6) is 0 Å². The van der Waals surface area contributed by atoms with Crippen molar-refractivity contribution in [3.63, 3.8) is 0 Å². The molecular weight excluding hydrogens is 393 g/mol. The number of halogens is 1. The Morgan fingerprint density at radius 1 is 1.30 bits per heavy atom. The summed E-state index contributed by atoms with van der Waals surface area (Å²) in [6.45, 7) is 5.16. The van der Waals surface area contributed by atoms with Crippen molar-refractivity contribution in [1.29, 1.82) is 5.41 Å². The van der Waals surface area contributed by atoms with E-state index < -0.39 is 17.5 Å². The van der Waals surface area contributed by atoms with Gasteiger partial charge in [-0.2, -0.15) is 0 Å². The van der Waals surface area contributed by atoms with Crippen molar-refractivity contribution in [2.24, 2.45) is 5.16 Å². The summed E-state index contributed by atoms with van der Waals surface area (Å²) < 4.78 is 18.7. The minimum Gasteiger partial charge on any atom is -0.444 e. The first kappa shape index (κ1) is 22.8. The molecule has 0 fully saturated rings. The molecule has 0 unspecified atom stereocenters. The Kier molecular flexibility index (Phi) is 7.43. The molecule has 2 rings (SSSR count). The van der Waals surface area contributed by atoms with Crippen LogP contribution in [0.1, 0.15) is 32.0 Å². The Bertz CT molecular complexity index is 941. The Morgan fingerprint density at radius 3 is 2.63 bits per heavy atom. The molecule has 3 N–H and O–H groups in total. The van der Waals surface area contributed by atoms with Gasteiger partial charge in [0.25, 0.3) is 0 Å². The molecule has 2 aromatic rings. The van der Waals surface area contributed by atoms with Crippen LogP contribution >= 0.6 is 0 Å². The van der Waals surface area contributed by atoms with Crippen LogP contribution in [-0.4, -0.2) is 45.5 Å². The zero-order valence-corrected chi connectivity index (χ0v) is 17.1.